The molecule has 0 spiro atoms. The lowest BCUT2D eigenvalue weighted by Crippen LogP contribution is -2.29. The molecule has 1 atom stereocenters. The molecule has 0 aliphatic carbocycles. The first kappa shape index (κ1) is 22.0. The number of anilines is 1. The molecule has 2 aromatic carbocycles. The first-order valence-corrected chi connectivity index (χ1v) is 9.35. The third-order valence-corrected chi connectivity index (χ3v) is 4.31. The van der Waals surface area contributed by atoms with Crippen LogP contribution in [0.3, 0.4) is 0 Å². The predicted octanol–water partition coefficient (Wildman–Crippen LogP) is 5.16. The van der Waals surface area contributed by atoms with E-state index in [1.807, 2.05) is 0 Å². The number of hydrogen-bond donors (Lipinski definition) is 2. The Morgan fingerprint density at radius 1 is 1.11 bits per heavy atom. The number of aliphatic carboxylic acids is 1. The van der Waals surface area contributed by atoms with Gasteiger partial charge in [-0.3, -0.25) is 5.32 Å². The molecule has 2 N–H and O–H groups in total. The molecule has 150 valence electrons. The molecule has 0 aliphatic rings. The Morgan fingerprint density at radius 3 is 2.39 bits per heavy atom. The van der Waals surface area contributed by atoms with Crippen LogP contribution in [0.2, 0.25) is 10.0 Å². The molecule has 1 amide bonds. The Kier molecular flexibility index (Phi) is 8.11. The molecule has 0 bridgehead atoms. The highest BCUT2D eigenvalue weighted by atomic mass is 35.5. The Balaban J connectivity index is 2.02. The molecular formula is C20H21Cl2NO5. The summed E-state index contributed by atoms with van der Waals surface area (Å²) >= 11 is 11.8. The molecule has 8 heteroatoms. The summed E-state index contributed by atoms with van der Waals surface area (Å²) < 4.78 is 10.7. The first-order valence-electron chi connectivity index (χ1n) is 8.60. The number of nitrogens with one attached hydrogen (secondary N) is 1. The summed E-state index contributed by atoms with van der Waals surface area (Å²) in [5.41, 5.74) is 1.80. The molecular weight excluding hydrogens is 405 g/mol. The van der Waals surface area contributed by atoms with Crippen molar-refractivity contribution in [3.05, 3.63) is 63.6 Å². The van der Waals surface area contributed by atoms with Crippen molar-refractivity contribution in [1.29, 1.82) is 0 Å². The number of carboxylic acids is 1. The lowest BCUT2D eigenvalue weighted by atomic mass is 10.0. The fourth-order valence-electron chi connectivity index (χ4n) is 2.50. The molecule has 0 saturated carbocycles. The summed E-state index contributed by atoms with van der Waals surface area (Å²) in [6, 6.07) is 11.8. The van der Waals surface area contributed by atoms with Crippen LogP contribution in [-0.4, -0.2) is 29.4 Å². The van der Waals surface area contributed by atoms with Gasteiger partial charge < -0.3 is 14.6 Å². The van der Waals surface area contributed by atoms with Crippen LogP contribution in [0.1, 0.15) is 25.0 Å². The minimum atomic E-state index is -1.04. The van der Waals surface area contributed by atoms with Crippen LogP contribution < -0.4 is 5.32 Å². The molecule has 2 aromatic rings. The van der Waals surface area contributed by atoms with Gasteiger partial charge in [0.25, 0.3) is 0 Å². The number of carboxylic acid groups (broad SMARTS) is 1. The Morgan fingerprint density at radius 2 is 1.79 bits per heavy atom. The van der Waals surface area contributed by atoms with Crippen molar-refractivity contribution in [2.75, 3.05) is 5.32 Å². The molecule has 6 nitrogen and oxygen atoms in total. The average molecular weight is 426 g/mol. The maximum absolute atomic E-state index is 12.1. The van der Waals surface area contributed by atoms with E-state index in [9.17, 15) is 14.7 Å². The van der Waals surface area contributed by atoms with Gasteiger partial charge in [-0.2, -0.15) is 0 Å². The third-order valence-electron chi connectivity index (χ3n) is 3.76. The number of amides is 1. The monoisotopic (exact) mass is 425 g/mol. The standard InChI is InChI=1S/C20H21Cl2NO5/c1-12(2)28-18(19(24)25)9-13-5-3-4-6-14(13)11-27-20(26)23-17-8-7-15(21)10-16(17)22/h3-8,10,12,18H,9,11H2,1-2H3,(H,23,26)(H,24,25). The van der Waals surface area contributed by atoms with E-state index in [1.54, 1.807) is 50.2 Å². The molecule has 0 heterocycles. The second-order valence-electron chi connectivity index (χ2n) is 6.31. The van der Waals surface area contributed by atoms with Gasteiger partial charge in [-0.25, -0.2) is 9.59 Å². The topological polar surface area (TPSA) is 84.9 Å². The van der Waals surface area contributed by atoms with Crippen molar-refractivity contribution in [3.63, 3.8) is 0 Å². The number of rotatable bonds is 8. The first-order chi connectivity index (χ1) is 13.3. The lowest BCUT2D eigenvalue weighted by Gasteiger charge is -2.18. The number of hydrogen-bond acceptors (Lipinski definition) is 4. The predicted molar refractivity (Wildman–Crippen MR) is 108 cm³/mol. The maximum atomic E-state index is 12.1. The van der Waals surface area contributed by atoms with Gasteiger partial charge >= 0.3 is 12.1 Å². The van der Waals surface area contributed by atoms with E-state index in [0.29, 0.717) is 21.3 Å². The van der Waals surface area contributed by atoms with Gasteiger partial charge in [0.15, 0.2) is 6.10 Å². The largest absolute Gasteiger partial charge is 0.479 e. The van der Waals surface area contributed by atoms with Gasteiger partial charge in [-0.15, -0.1) is 0 Å². The van der Waals surface area contributed by atoms with E-state index in [-0.39, 0.29) is 19.1 Å². The zero-order chi connectivity index (χ0) is 20.7. The second kappa shape index (κ2) is 10.3. The van der Waals surface area contributed by atoms with Crippen LogP contribution in [0.15, 0.2) is 42.5 Å². The minimum absolute atomic E-state index is 0.0266. The van der Waals surface area contributed by atoms with Gasteiger partial charge in [0, 0.05) is 11.4 Å². The summed E-state index contributed by atoms with van der Waals surface area (Å²) in [6.45, 7) is 3.52. The van der Waals surface area contributed by atoms with Crippen LogP contribution in [0.4, 0.5) is 10.5 Å². The Hall–Kier alpha value is -2.28. The quantitative estimate of drug-likeness (QED) is 0.609. The van der Waals surface area contributed by atoms with Crippen LogP contribution in [0.25, 0.3) is 0 Å². The maximum Gasteiger partial charge on any atom is 0.412 e. The normalized spacial score (nSPS) is 11.9. The fraction of sp³-hybridized carbons (Fsp3) is 0.300. The Labute approximate surface area is 173 Å². The van der Waals surface area contributed by atoms with Gasteiger partial charge in [0.1, 0.15) is 6.61 Å². The van der Waals surface area contributed by atoms with Crippen molar-refractivity contribution in [3.8, 4) is 0 Å². The van der Waals surface area contributed by atoms with Crippen molar-refractivity contribution in [2.24, 2.45) is 0 Å². The SMILES string of the molecule is CC(C)OC(Cc1ccccc1COC(=O)Nc1ccc(Cl)cc1Cl)C(=O)O. The van der Waals surface area contributed by atoms with Gasteiger partial charge in [-0.05, 0) is 43.2 Å². The number of carbonyl (C=O) groups is 2. The summed E-state index contributed by atoms with van der Waals surface area (Å²) in [6.07, 6.45) is -1.73. The van der Waals surface area contributed by atoms with Crippen LogP contribution in [0, 0.1) is 0 Å². The molecule has 0 aliphatic heterocycles. The number of carbonyl (C=O) groups excluding carboxylic acids is 1. The molecule has 2 rings (SSSR count). The van der Waals surface area contributed by atoms with Crippen molar-refractivity contribution >= 4 is 41.0 Å². The summed E-state index contributed by atoms with van der Waals surface area (Å²) in [5, 5.41) is 12.6. The number of benzene rings is 2. The fourth-order valence-corrected chi connectivity index (χ4v) is 2.96. The van der Waals surface area contributed by atoms with E-state index in [4.69, 9.17) is 32.7 Å². The highest BCUT2D eigenvalue weighted by Crippen LogP contribution is 2.25. The average Bonchev–Trinajstić information content (AvgIpc) is 2.62. The number of ether oxygens (including phenoxy) is 2. The van der Waals surface area contributed by atoms with Gasteiger partial charge in [0.2, 0.25) is 0 Å². The van der Waals surface area contributed by atoms with Gasteiger partial charge in [-0.1, -0.05) is 47.5 Å². The van der Waals surface area contributed by atoms with E-state index in [2.05, 4.69) is 5.32 Å². The molecule has 1 unspecified atom stereocenters. The summed E-state index contributed by atoms with van der Waals surface area (Å²) in [7, 11) is 0. The molecule has 0 fully saturated rings. The van der Waals surface area contributed by atoms with E-state index in [0.717, 1.165) is 5.56 Å². The van der Waals surface area contributed by atoms with Crippen LogP contribution in [0.5, 0.6) is 0 Å². The highest BCUT2D eigenvalue weighted by molar-refractivity contribution is 6.36. The highest BCUT2D eigenvalue weighted by Gasteiger charge is 2.21. The van der Waals surface area contributed by atoms with Crippen molar-refractivity contribution < 1.29 is 24.2 Å². The van der Waals surface area contributed by atoms with Crippen LogP contribution >= 0.6 is 23.2 Å². The minimum Gasteiger partial charge on any atom is -0.479 e. The van der Waals surface area contributed by atoms with Crippen molar-refractivity contribution in [2.45, 2.75) is 39.1 Å². The zero-order valence-corrected chi connectivity index (χ0v) is 17.0. The second-order valence-corrected chi connectivity index (χ2v) is 7.15. The Bertz CT molecular complexity index is 841. The van der Waals surface area contributed by atoms with Gasteiger partial charge in [0.05, 0.1) is 16.8 Å². The van der Waals surface area contributed by atoms with E-state index < -0.39 is 18.2 Å². The van der Waals surface area contributed by atoms with E-state index >= 15 is 0 Å². The third kappa shape index (κ3) is 6.71. The molecule has 0 aromatic heterocycles. The van der Waals surface area contributed by atoms with Crippen molar-refractivity contribution in [1.82, 2.24) is 0 Å². The molecule has 0 saturated heterocycles. The summed E-state index contributed by atoms with van der Waals surface area (Å²) in [4.78, 5) is 23.5. The smallest absolute Gasteiger partial charge is 0.412 e. The lowest BCUT2D eigenvalue weighted by molar-refractivity contribution is -0.153. The zero-order valence-electron chi connectivity index (χ0n) is 15.4. The van der Waals surface area contributed by atoms with E-state index in [1.165, 1.54) is 6.07 Å². The molecule has 28 heavy (non-hydrogen) atoms. The number of halogens is 2. The van der Waals surface area contributed by atoms with Crippen LogP contribution in [-0.2, 0) is 27.3 Å². The molecule has 0 radical (unpaired) electrons. The summed E-state index contributed by atoms with van der Waals surface area (Å²) in [5.74, 6) is -1.04.